The smallest absolute Gasteiger partial charge is 0.0931 e. The largest absolute Gasteiger partial charge is 0.309 e. The van der Waals surface area contributed by atoms with Gasteiger partial charge in [0.05, 0.1) is 9.85 Å². The molecule has 0 saturated carbocycles. The van der Waals surface area contributed by atoms with Gasteiger partial charge in [0.1, 0.15) is 0 Å². The molecule has 0 aliphatic carbocycles. The summed E-state index contributed by atoms with van der Waals surface area (Å²) in [7, 11) is 0. The van der Waals surface area contributed by atoms with Crippen LogP contribution in [0.25, 0.3) is 0 Å². The fourth-order valence-electron chi connectivity index (χ4n) is 1.58. The van der Waals surface area contributed by atoms with Crippen molar-refractivity contribution in [2.24, 2.45) is 0 Å². The van der Waals surface area contributed by atoms with E-state index in [2.05, 4.69) is 23.3 Å². The quantitative estimate of drug-likeness (QED) is 0.897. The van der Waals surface area contributed by atoms with Gasteiger partial charge in [0.25, 0.3) is 0 Å². The molecular weight excluding hydrogens is 260 g/mol. The van der Waals surface area contributed by atoms with Crippen LogP contribution in [0, 0.1) is 0 Å². The van der Waals surface area contributed by atoms with Gasteiger partial charge in [-0.05, 0) is 18.7 Å². The molecule has 0 bridgehead atoms. The number of nitrogens with zero attached hydrogens (tertiary/aromatic N) is 1. The standard InChI is InChI=1S/C11H13ClN2S2/c1-2-14-9(10-6-13-7-15-10)5-8-3-4-11(12)16-8/h3-4,6-7,9,14H,2,5H2,1H3. The first-order chi connectivity index (χ1) is 7.79. The zero-order valence-electron chi connectivity index (χ0n) is 8.94. The van der Waals surface area contributed by atoms with E-state index in [1.165, 1.54) is 9.75 Å². The maximum atomic E-state index is 5.93. The van der Waals surface area contributed by atoms with Crippen LogP contribution in [0.5, 0.6) is 0 Å². The Balaban J connectivity index is 2.09. The highest BCUT2D eigenvalue weighted by Crippen LogP contribution is 2.27. The maximum absolute atomic E-state index is 5.93. The SMILES string of the molecule is CCNC(Cc1ccc(Cl)s1)c1cncs1. The number of hydrogen-bond acceptors (Lipinski definition) is 4. The third kappa shape index (κ3) is 3.04. The monoisotopic (exact) mass is 272 g/mol. The molecule has 0 radical (unpaired) electrons. The second-order valence-electron chi connectivity index (χ2n) is 3.42. The van der Waals surface area contributed by atoms with Gasteiger partial charge >= 0.3 is 0 Å². The van der Waals surface area contributed by atoms with Crippen molar-refractivity contribution in [3.8, 4) is 0 Å². The zero-order chi connectivity index (χ0) is 11.4. The number of thiophene rings is 1. The second-order valence-corrected chi connectivity index (χ2v) is 6.14. The minimum absolute atomic E-state index is 0.354. The van der Waals surface area contributed by atoms with E-state index in [9.17, 15) is 0 Å². The molecule has 1 atom stereocenters. The summed E-state index contributed by atoms with van der Waals surface area (Å²) in [4.78, 5) is 6.72. The summed E-state index contributed by atoms with van der Waals surface area (Å²) < 4.78 is 0.856. The molecular formula is C11H13ClN2S2. The van der Waals surface area contributed by atoms with Crippen LogP contribution in [0.15, 0.2) is 23.8 Å². The van der Waals surface area contributed by atoms with Crippen LogP contribution < -0.4 is 5.32 Å². The van der Waals surface area contributed by atoms with Crippen molar-refractivity contribution >= 4 is 34.3 Å². The highest BCUT2D eigenvalue weighted by atomic mass is 35.5. The Morgan fingerprint density at radius 3 is 2.94 bits per heavy atom. The third-order valence-electron chi connectivity index (χ3n) is 2.28. The second kappa shape index (κ2) is 5.77. The summed E-state index contributed by atoms with van der Waals surface area (Å²) in [6, 6.07) is 4.41. The van der Waals surface area contributed by atoms with Gasteiger partial charge in [-0.25, -0.2) is 0 Å². The van der Waals surface area contributed by atoms with Gasteiger partial charge in [-0.3, -0.25) is 4.98 Å². The molecule has 0 fully saturated rings. The van der Waals surface area contributed by atoms with E-state index in [1.54, 1.807) is 22.7 Å². The Morgan fingerprint density at radius 1 is 1.50 bits per heavy atom. The summed E-state index contributed by atoms with van der Waals surface area (Å²) in [5, 5.41) is 3.48. The van der Waals surface area contributed by atoms with E-state index in [1.807, 2.05) is 17.8 Å². The number of halogens is 1. The van der Waals surface area contributed by atoms with Crippen LogP contribution in [-0.2, 0) is 6.42 Å². The normalized spacial score (nSPS) is 12.9. The molecule has 2 aromatic heterocycles. The molecule has 0 spiro atoms. The summed E-state index contributed by atoms with van der Waals surface area (Å²) in [5.41, 5.74) is 1.88. The minimum Gasteiger partial charge on any atom is -0.309 e. The Bertz CT molecular complexity index is 425. The van der Waals surface area contributed by atoms with Crippen molar-refractivity contribution in [3.05, 3.63) is 37.9 Å². The molecule has 1 N–H and O–H groups in total. The van der Waals surface area contributed by atoms with Crippen LogP contribution in [0.3, 0.4) is 0 Å². The highest BCUT2D eigenvalue weighted by Gasteiger charge is 2.13. The van der Waals surface area contributed by atoms with Crippen molar-refractivity contribution in [3.63, 3.8) is 0 Å². The number of hydrogen-bond donors (Lipinski definition) is 1. The van der Waals surface area contributed by atoms with Gasteiger partial charge < -0.3 is 5.32 Å². The van der Waals surface area contributed by atoms with Gasteiger partial charge in [-0.2, -0.15) is 0 Å². The molecule has 2 aromatic rings. The lowest BCUT2D eigenvalue weighted by Gasteiger charge is -2.14. The number of thiazole rings is 1. The number of rotatable bonds is 5. The van der Waals surface area contributed by atoms with Gasteiger partial charge in [-0.1, -0.05) is 18.5 Å². The first-order valence-corrected chi connectivity index (χ1v) is 7.23. The van der Waals surface area contributed by atoms with Gasteiger partial charge in [0.15, 0.2) is 0 Å². The molecule has 86 valence electrons. The molecule has 5 heteroatoms. The molecule has 2 rings (SSSR count). The minimum atomic E-state index is 0.354. The molecule has 0 aromatic carbocycles. The van der Waals surface area contributed by atoms with Crippen LogP contribution >= 0.6 is 34.3 Å². The fraction of sp³-hybridized carbons (Fsp3) is 0.364. The van der Waals surface area contributed by atoms with Crippen LogP contribution in [0.2, 0.25) is 4.34 Å². The van der Waals surface area contributed by atoms with E-state index < -0.39 is 0 Å². The van der Waals surface area contributed by atoms with Crippen molar-refractivity contribution in [2.45, 2.75) is 19.4 Å². The maximum Gasteiger partial charge on any atom is 0.0931 e. The van der Waals surface area contributed by atoms with E-state index in [4.69, 9.17) is 11.6 Å². The molecule has 2 nitrogen and oxygen atoms in total. The Morgan fingerprint density at radius 2 is 2.38 bits per heavy atom. The Labute approximate surface area is 108 Å². The van der Waals surface area contributed by atoms with E-state index in [-0.39, 0.29) is 0 Å². The molecule has 16 heavy (non-hydrogen) atoms. The van der Waals surface area contributed by atoms with Crippen molar-refractivity contribution < 1.29 is 0 Å². The molecule has 0 saturated heterocycles. The van der Waals surface area contributed by atoms with E-state index >= 15 is 0 Å². The molecule has 0 aliphatic heterocycles. The Kier molecular flexibility index (Phi) is 4.35. The van der Waals surface area contributed by atoms with Crippen LogP contribution in [0.4, 0.5) is 0 Å². The molecule has 0 aliphatic rings. The zero-order valence-corrected chi connectivity index (χ0v) is 11.3. The van der Waals surface area contributed by atoms with Crippen molar-refractivity contribution in [1.82, 2.24) is 10.3 Å². The van der Waals surface area contributed by atoms with Crippen LogP contribution in [0.1, 0.15) is 22.7 Å². The number of aromatic nitrogens is 1. The lowest BCUT2D eigenvalue weighted by molar-refractivity contribution is 0.561. The summed E-state index contributed by atoms with van der Waals surface area (Å²) in [6.07, 6.45) is 2.92. The first kappa shape index (κ1) is 12.0. The predicted molar refractivity (Wildman–Crippen MR) is 71.6 cm³/mol. The van der Waals surface area contributed by atoms with Crippen LogP contribution in [-0.4, -0.2) is 11.5 Å². The average Bonchev–Trinajstić information content (AvgIpc) is 2.88. The topological polar surface area (TPSA) is 24.9 Å². The van der Waals surface area contributed by atoms with Crippen molar-refractivity contribution in [2.75, 3.05) is 6.54 Å². The summed E-state index contributed by atoms with van der Waals surface area (Å²) >= 11 is 9.28. The lowest BCUT2D eigenvalue weighted by atomic mass is 10.1. The summed E-state index contributed by atoms with van der Waals surface area (Å²) in [6.45, 7) is 3.08. The lowest BCUT2D eigenvalue weighted by Crippen LogP contribution is -2.21. The van der Waals surface area contributed by atoms with E-state index in [0.717, 1.165) is 17.3 Å². The first-order valence-electron chi connectivity index (χ1n) is 5.15. The highest BCUT2D eigenvalue weighted by molar-refractivity contribution is 7.16. The molecule has 1 unspecified atom stereocenters. The third-order valence-corrected chi connectivity index (χ3v) is 4.42. The number of likely N-dealkylation sites (N-methyl/N-ethyl adjacent to an activating group) is 1. The Hall–Kier alpha value is -0.420. The number of nitrogens with one attached hydrogen (secondary N) is 1. The average molecular weight is 273 g/mol. The predicted octanol–water partition coefficient (Wildman–Crippen LogP) is 3.75. The fourth-order valence-corrected chi connectivity index (χ4v) is 3.41. The van der Waals surface area contributed by atoms with E-state index in [0.29, 0.717) is 6.04 Å². The van der Waals surface area contributed by atoms with Crippen molar-refractivity contribution in [1.29, 1.82) is 0 Å². The van der Waals surface area contributed by atoms with Gasteiger partial charge in [0.2, 0.25) is 0 Å². The summed E-state index contributed by atoms with van der Waals surface area (Å²) in [5.74, 6) is 0. The molecule has 2 heterocycles. The molecule has 0 amide bonds. The van der Waals surface area contributed by atoms with Gasteiger partial charge in [0, 0.05) is 28.4 Å². The van der Waals surface area contributed by atoms with Gasteiger partial charge in [-0.15, -0.1) is 22.7 Å².